The molecule has 0 spiro atoms. The highest BCUT2D eigenvalue weighted by atomic mass is 16.3. The van der Waals surface area contributed by atoms with Crippen molar-refractivity contribution in [1.82, 2.24) is 16.0 Å². The molecule has 0 saturated heterocycles. The van der Waals surface area contributed by atoms with Gasteiger partial charge in [-0.2, -0.15) is 0 Å². The minimum absolute atomic E-state index is 0.0655. The molecule has 2 aromatic rings. The summed E-state index contributed by atoms with van der Waals surface area (Å²) < 4.78 is 5.33. The van der Waals surface area contributed by atoms with Crippen molar-refractivity contribution >= 4 is 11.9 Å². The molecule has 6 heteroatoms. The van der Waals surface area contributed by atoms with Crippen LogP contribution in [0.15, 0.2) is 53.1 Å². The van der Waals surface area contributed by atoms with E-state index in [9.17, 15) is 9.59 Å². The first kappa shape index (κ1) is 17.7. The van der Waals surface area contributed by atoms with Crippen LogP contribution in [0, 0.1) is 0 Å². The van der Waals surface area contributed by atoms with Crippen LogP contribution < -0.4 is 16.0 Å². The molecule has 1 aromatic heterocycles. The Bertz CT molecular complexity index is 641. The van der Waals surface area contributed by atoms with Crippen molar-refractivity contribution in [1.29, 1.82) is 0 Å². The van der Waals surface area contributed by atoms with E-state index in [-0.39, 0.29) is 11.9 Å². The lowest BCUT2D eigenvalue weighted by Gasteiger charge is -2.22. The molecule has 0 aliphatic carbocycles. The summed E-state index contributed by atoms with van der Waals surface area (Å²) in [5, 5.41) is 8.01. The summed E-state index contributed by atoms with van der Waals surface area (Å²) in [4.78, 5) is 23.9. The molecule has 0 aliphatic rings. The third kappa shape index (κ3) is 5.24. The summed E-state index contributed by atoms with van der Waals surface area (Å²) in [7, 11) is 1.47. The Balaban J connectivity index is 2.02. The number of amides is 3. The molecule has 0 bridgehead atoms. The maximum Gasteiger partial charge on any atom is 0.321 e. The predicted octanol–water partition coefficient (Wildman–Crippen LogP) is 2.39. The first-order chi connectivity index (χ1) is 11.6. The summed E-state index contributed by atoms with van der Waals surface area (Å²) in [6, 6.07) is 12.1. The number of rotatable bonds is 7. The van der Waals surface area contributed by atoms with Crippen LogP contribution in [-0.4, -0.2) is 25.0 Å². The van der Waals surface area contributed by atoms with Crippen LogP contribution in [0.1, 0.15) is 30.7 Å². The highest BCUT2D eigenvalue weighted by molar-refractivity contribution is 5.97. The van der Waals surface area contributed by atoms with E-state index >= 15 is 0 Å². The van der Waals surface area contributed by atoms with Gasteiger partial charge >= 0.3 is 6.03 Å². The second-order valence-electron chi connectivity index (χ2n) is 5.60. The second kappa shape index (κ2) is 8.88. The van der Waals surface area contributed by atoms with Crippen LogP contribution in [-0.2, 0) is 11.2 Å². The maximum absolute atomic E-state index is 12.4. The zero-order chi connectivity index (χ0) is 17.4. The van der Waals surface area contributed by atoms with Crippen LogP contribution in [0.2, 0.25) is 0 Å². The van der Waals surface area contributed by atoms with Gasteiger partial charge in [0.15, 0.2) is 0 Å². The Morgan fingerprint density at radius 2 is 1.88 bits per heavy atom. The molecule has 24 heavy (non-hydrogen) atoms. The first-order valence-electron chi connectivity index (χ1n) is 7.96. The summed E-state index contributed by atoms with van der Waals surface area (Å²) in [6.07, 6.45) is 3.24. The molecule has 0 unspecified atom stereocenters. The van der Waals surface area contributed by atoms with Crippen molar-refractivity contribution in [3.63, 3.8) is 0 Å². The van der Waals surface area contributed by atoms with Crippen molar-refractivity contribution in [2.75, 3.05) is 7.05 Å². The number of imide groups is 1. The zero-order valence-corrected chi connectivity index (χ0v) is 13.9. The summed E-state index contributed by atoms with van der Waals surface area (Å²) in [6.45, 7) is 2.01. The standard InChI is InChI=1S/C18H23N3O3/c1-13(10-11-15-9-6-12-24-15)20-16(14-7-4-3-5-8-14)17(22)21-18(23)19-2/h3-9,12-13,16,20H,10-11H2,1-2H3,(H2,19,21,22,23)/t13-,16-/m1/s1. The van der Waals surface area contributed by atoms with Crippen molar-refractivity contribution in [2.45, 2.75) is 31.8 Å². The third-order valence-corrected chi connectivity index (χ3v) is 3.71. The Morgan fingerprint density at radius 1 is 1.12 bits per heavy atom. The Hall–Kier alpha value is -2.60. The van der Waals surface area contributed by atoms with Gasteiger partial charge in [-0.3, -0.25) is 15.4 Å². The molecular formula is C18H23N3O3. The normalized spacial score (nSPS) is 13.1. The van der Waals surface area contributed by atoms with Crippen LogP contribution in [0.4, 0.5) is 4.79 Å². The van der Waals surface area contributed by atoms with Crippen molar-refractivity contribution in [3.8, 4) is 0 Å². The topological polar surface area (TPSA) is 83.4 Å². The molecule has 3 amide bonds. The molecule has 2 atom stereocenters. The van der Waals surface area contributed by atoms with Crippen molar-refractivity contribution < 1.29 is 14.0 Å². The average Bonchev–Trinajstić information content (AvgIpc) is 3.12. The number of hydrogen-bond acceptors (Lipinski definition) is 4. The Morgan fingerprint density at radius 3 is 2.50 bits per heavy atom. The number of nitrogens with one attached hydrogen (secondary N) is 3. The van der Waals surface area contributed by atoms with E-state index in [1.54, 1.807) is 6.26 Å². The molecular weight excluding hydrogens is 306 g/mol. The van der Waals surface area contributed by atoms with Gasteiger partial charge in [0.05, 0.1) is 6.26 Å². The molecule has 0 saturated carbocycles. The second-order valence-corrected chi connectivity index (χ2v) is 5.60. The van der Waals surface area contributed by atoms with Crippen molar-refractivity contribution in [2.24, 2.45) is 0 Å². The molecule has 0 fully saturated rings. The molecule has 128 valence electrons. The number of furan rings is 1. The SMILES string of the molecule is CNC(=O)NC(=O)[C@H](N[C@H](C)CCc1ccco1)c1ccccc1. The number of carbonyl (C=O) groups is 2. The van der Waals surface area contributed by atoms with E-state index in [0.717, 1.165) is 24.2 Å². The Kier molecular flexibility index (Phi) is 6.57. The van der Waals surface area contributed by atoms with Gasteiger partial charge in [-0.1, -0.05) is 30.3 Å². The van der Waals surface area contributed by atoms with E-state index in [0.29, 0.717) is 0 Å². The number of aryl methyl sites for hydroxylation is 1. The molecule has 6 nitrogen and oxygen atoms in total. The largest absolute Gasteiger partial charge is 0.469 e. The molecule has 1 aromatic carbocycles. The number of benzene rings is 1. The number of carbonyl (C=O) groups excluding carboxylic acids is 2. The van der Waals surface area contributed by atoms with Gasteiger partial charge in [0.1, 0.15) is 11.8 Å². The average molecular weight is 329 g/mol. The van der Waals surface area contributed by atoms with Gasteiger partial charge < -0.3 is 9.73 Å². The smallest absolute Gasteiger partial charge is 0.321 e. The lowest BCUT2D eigenvalue weighted by atomic mass is 10.0. The van der Waals surface area contributed by atoms with Crippen LogP contribution >= 0.6 is 0 Å². The molecule has 1 heterocycles. The monoisotopic (exact) mass is 329 g/mol. The molecule has 3 N–H and O–H groups in total. The summed E-state index contributed by atoms with van der Waals surface area (Å²) in [5.74, 6) is 0.528. The molecule has 2 rings (SSSR count). The van der Waals surface area contributed by atoms with E-state index in [1.165, 1.54) is 7.05 Å². The summed E-state index contributed by atoms with van der Waals surface area (Å²) >= 11 is 0. The maximum atomic E-state index is 12.4. The fraction of sp³-hybridized carbons (Fsp3) is 0.333. The van der Waals surface area contributed by atoms with Crippen LogP contribution in [0.25, 0.3) is 0 Å². The third-order valence-electron chi connectivity index (χ3n) is 3.71. The first-order valence-corrected chi connectivity index (χ1v) is 7.96. The minimum atomic E-state index is -0.602. The van der Waals surface area contributed by atoms with Gasteiger partial charge in [-0.15, -0.1) is 0 Å². The van der Waals surface area contributed by atoms with E-state index in [1.807, 2.05) is 49.4 Å². The van der Waals surface area contributed by atoms with Gasteiger partial charge in [-0.05, 0) is 31.0 Å². The van der Waals surface area contributed by atoms with Crippen LogP contribution in [0.3, 0.4) is 0 Å². The fourth-order valence-electron chi connectivity index (χ4n) is 2.40. The lowest BCUT2D eigenvalue weighted by Crippen LogP contribution is -2.46. The van der Waals surface area contributed by atoms with E-state index in [2.05, 4.69) is 16.0 Å². The lowest BCUT2D eigenvalue weighted by molar-refractivity contribution is -0.122. The number of urea groups is 1. The van der Waals surface area contributed by atoms with Gasteiger partial charge in [0, 0.05) is 19.5 Å². The number of hydrogen-bond donors (Lipinski definition) is 3. The fourth-order valence-corrected chi connectivity index (χ4v) is 2.40. The van der Waals surface area contributed by atoms with Crippen molar-refractivity contribution in [3.05, 3.63) is 60.1 Å². The van der Waals surface area contributed by atoms with Gasteiger partial charge in [0.2, 0.25) is 5.91 Å². The van der Waals surface area contributed by atoms with Gasteiger partial charge in [0.25, 0.3) is 0 Å². The predicted molar refractivity (Wildman–Crippen MR) is 91.4 cm³/mol. The Labute approximate surface area is 141 Å². The quantitative estimate of drug-likeness (QED) is 0.728. The van der Waals surface area contributed by atoms with Gasteiger partial charge in [-0.25, -0.2) is 4.79 Å². The molecule has 0 radical (unpaired) electrons. The zero-order valence-electron chi connectivity index (χ0n) is 13.9. The summed E-state index contributed by atoms with van der Waals surface area (Å²) in [5.41, 5.74) is 0.809. The van der Waals surface area contributed by atoms with E-state index < -0.39 is 12.1 Å². The molecule has 0 aliphatic heterocycles. The highest BCUT2D eigenvalue weighted by Crippen LogP contribution is 2.15. The van der Waals surface area contributed by atoms with Crippen LogP contribution in [0.5, 0.6) is 0 Å². The minimum Gasteiger partial charge on any atom is -0.469 e. The van der Waals surface area contributed by atoms with E-state index in [4.69, 9.17) is 4.42 Å². The highest BCUT2D eigenvalue weighted by Gasteiger charge is 2.23.